The van der Waals surface area contributed by atoms with Crippen LogP contribution in [0.3, 0.4) is 0 Å². The van der Waals surface area contributed by atoms with Gasteiger partial charge in [-0.1, -0.05) is 48.5 Å². The number of nitrogens with zero attached hydrogens (tertiary/aromatic N) is 2. The van der Waals surface area contributed by atoms with E-state index in [0.29, 0.717) is 24.6 Å². The summed E-state index contributed by atoms with van der Waals surface area (Å²) in [7, 11) is 4.12. The van der Waals surface area contributed by atoms with Gasteiger partial charge in [-0.25, -0.2) is 4.98 Å². The number of rotatable bonds is 8. The predicted octanol–water partition coefficient (Wildman–Crippen LogP) is 4.14. The van der Waals surface area contributed by atoms with Gasteiger partial charge in [0.1, 0.15) is 5.56 Å². The van der Waals surface area contributed by atoms with Gasteiger partial charge in [-0.3, -0.25) is 4.79 Å². The average molecular weight is 389 g/mol. The highest BCUT2D eigenvalue weighted by atomic mass is 16.5. The quantitative estimate of drug-likeness (QED) is 0.629. The summed E-state index contributed by atoms with van der Waals surface area (Å²) in [6, 6.07) is 20.1. The van der Waals surface area contributed by atoms with E-state index in [2.05, 4.69) is 59.6 Å². The Hall–Kier alpha value is -3.18. The summed E-state index contributed by atoms with van der Waals surface area (Å²) in [5.41, 5.74) is 5.02. The molecule has 3 aromatic rings. The molecule has 3 rings (SSSR count). The third-order valence-electron chi connectivity index (χ3n) is 4.52. The topological polar surface area (TPSA) is 54.5 Å². The maximum Gasteiger partial charge on any atom is 0.257 e. The van der Waals surface area contributed by atoms with Crippen molar-refractivity contribution in [2.24, 2.45) is 0 Å². The summed E-state index contributed by atoms with van der Waals surface area (Å²) in [5.74, 6) is 0.162. The molecule has 0 unspecified atom stereocenters. The molecule has 2 aromatic carbocycles. The van der Waals surface area contributed by atoms with Crippen LogP contribution in [0.5, 0.6) is 5.88 Å². The van der Waals surface area contributed by atoms with E-state index >= 15 is 0 Å². The van der Waals surface area contributed by atoms with Gasteiger partial charge in [0, 0.05) is 19.3 Å². The first-order valence-electron chi connectivity index (χ1n) is 9.76. The van der Waals surface area contributed by atoms with Crippen molar-refractivity contribution >= 4 is 5.91 Å². The molecule has 29 heavy (non-hydrogen) atoms. The van der Waals surface area contributed by atoms with Crippen molar-refractivity contribution in [3.63, 3.8) is 0 Å². The second-order valence-electron chi connectivity index (χ2n) is 7.06. The van der Waals surface area contributed by atoms with Crippen LogP contribution in [-0.4, -0.2) is 36.5 Å². The molecule has 1 aromatic heterocycles. The molecule has 0 aliphatic rings. The summed E-state index contributed by atoms with van der Waals surface area (Å²) < 4.78 is 5.47. The van der Waals surface area contributed by atoms with Crippen LogP contribution >= 0.6 is 0 Å². The molecule has 0 aliphatic carbocycles. The Morgan fingerprint density at radius 1 is 1.03 bits per heavy atom. The third-order valence-corrected chi connectivity index (χ3v) is 4.52. The highest BCUT2D eigenvalue weighted by Crippen LogP contribution is 2.24. The van der Waals surface area contributed by atoms with Crippen LogP contribution in [0.4, 0.5) is 0 Å². The lowest BCUT2D eigenvalue weighted by molar-refractivity contribution is 0.0946. The van der Waals surface area contributed by atoms with E-state index < -0.39 is 0 Å². The minimum Gasteiger partial charge on any atom is -0.477 e. The maximum atomic E-state index is 12.7. The normalized spacial score (nSPS) is 10.8. The lowest BCUT2D eigenvalue weighted by Crippen LogP contribution is -2.24. The van der Waals surface area contributed by atoms with Crippen LogP contribution in [-0.2, 0) is 13.1 Å². The second-order valence-corrected chi connectivity index (χ2v) is 7.06. The number of nitrogens with one attached hydrogen (secondary N) is 1. The minimum absolute atomic E-state index is 0.197. The van der Waals surface area contributed by atoms with Crippen molar-refractivity contribution < 1.29 is 9.53 Å². The molecule has 0 bridgehead atoms. The molecule has 1 N–H and O–H groups in total. The van der Waals surface area contributed by atoms with Gasteiger partial charge in [-0.15, -0.1) is 0 Å². The van der Waals surface area contributed by atoms with Crippen LogP contribution in [0.2, 0.25) is 0 Å². The van der Waals surface area contributed by atoms with Crippen LogP contribution in [0.1, 0.15) is 28.4 Å². The first-order chi connectivity index (χ1) is 14.1. The molecule has 0 saturated carbocycles. The summed E-state index contributed by atoms with van der Waals surface area (Å²) in [6.07, 6.45) is 1.62. The predicted molar refractivity (Wildman–Crippen MR) is 116 cm³/mol. The van der Waals surface area contributed by atoms with E-state index in [1.54, 1.807) is 18.3 Å². The minimum atomic E-state index is -0.197. The number of amides is 1. The zero-order valence-corrected chi connectivity index (χ0v) is 17.2. The maximum absolute atomic E-state index is 12.7. The van der Waals surface area contributed by atoms with Gasteiger partial charge in [0.05, 0.1) is 6.61 Å². The molecule has 0 fully saturated rings. The standard InChI is InChI=1S/C24H27N3O2/c1-4-29-24-22(10-7-15-25-24)23(28)26-16-20-8-5-6-9-21(20)19-13-11-18(12-14-19)17-27(2)3/h5-15H,4,16-17H2,1-3H3,(H,26,28). The van der Waals surface area contributed by atoms with Crippen molar-refractivity contribution in [2.45, 2.75) is 20.0 Å². The number of carbonyl (C=O) groups excluding carboxylic acids is 1. The largest absolute Gasteiger partial charge is 0.477 e. The number of ether oxygens (including phenoxy) is 1. The number of carbonyl (C=O) groups is 1. The molecule has 5 heteroatoms. The van der Waals surface area contributed by atoms with E-state index in [1.807, 2.05) is 25.1 Å². The van der Waals surface area contributed by atoms with E-state index in [4.69, 9.17) is 4.74 Å². The van der Waals surface area contributed by atoms with Crippen LogP contribution in [0.15, 0.2) is 66.9 Å². The van der Waals surface area contributed by atoms with Crippen molar-refractivity contribution in [2.75, 3.05) is 20.7 Å². The number of aromatic nitrogens is 1. The highest BCUT2D eigenvalue weighted by molar-refractivity contribution is 5.96. The SMILES string of the molecule is CCOc1ncccc1C(=O)NCc1ccccc1-c1ccc(CN(C)C)cc1. The van der Waals surface area contributed by atoms with E-state index in [1.165, 1.54) is 5.56 Å². The smallest absolute Gasteiger partial charge is 0.257 e. The van der Waals surface area contributed by atoms with Gasteiger partial charge in [-0.2, -0.15) is 0 Å². The van der Waals surface area contributed by atoms with Gasteiger partial charge in [0.15, 0.2) is 0 Å². The Bertz CT molecular complexity index is 952. The van der Waals surface area contributed by atoms with Gasteiger partial charge in [-0.05, 0) is 55.4 Å². The Balaban J connectivity index is 1.75. The number of benzene rings is 2. The number of pyridine rings is 1. The average Bonchev–Trinajstić information content (AvgIpc) is 2.73. The second kappa shape index (κ2) is 9.85. The Kier molecular flexibility index (Phi) is 6.98. The third kappa shape index (κ3) is 5.42. The molecule has 0 atom stereocenters. The zero-order valence-electron chi connectivity index (χ0n) is 17.2. The molecule has 1 heterocycles. The lowest BCUT2D eigenvalue weighted by atomic mass is 9.98. The molecule has 1 amide bonds. The number of hydrogen-bond donors (Lipinski definition) is 1. The molecule has 0 radical (unpaired) electrons. The highest BCUT2D eigenvalue weighted by Gasteiger charge is 2.14. The van der Waals surface area contributed by atoms with E-state index in [9.17, 15) is 4.79 Å². The lowest BCUT2D eigenvalue weighted by Gasteiger charge is -2.14. The fourth-order valence-electron chi connectivity index (χ4n) is 3.20. The van der Waals surface area contributed by atoms with Crippen LogP contribution in [0, 0.1) is 0 Å². The number of hydrogen-bond acceptors (Lipinski definition) is 4. The summed E-state index contributed by atoms with van der Waals surface area (Å²) >= 11 is 0. The van der Waals surface area contributed by atoms with E-state index in [-0.39, 0.29) is 5.91 Å². The summed E-state index contributed by atoms with van der Waals surface area (Å²) in [6.45, 7) is 3.67. The van der Waals surface area contributed by atoms with Gasteiger partial charge >= 0.3 is 0 Å². The summed E-state index contributed by atoms with van der Waals surface area (Å²) in [5, 5.41) is 3.00. The van der Waals surface area contributed by atoms with Gasteiger partial charge < -0.3 is 15.0 Å². The Labute approximate surface area is 172 Å². The molecule has 0 spiro atoms. The first-order valence-corrected chi connectivity index (χ1v) is 9.76. The fourth-order valence-corrected chi connectivity index (χ4v) is 3.20. The molecular formula is C24H27N3O2. The van der Waals surface area contributed by atoms with Crippen LogP contribution in [0.25, 0.3) is 11.1 Å². The Morgan fingerprint density at radius 2 is 1.79 bits per heavy atom. The summed E-state index contributed by atoms with van der Waals surface area (Å²) in [4.78, 5) is 19.0. The van der Waals surface area contributed by atoms with Crippen LogP contribution < -0.4 is 10.1 Å². The zero-order chi connectivity index (χ0) is 20.6. The molecule has 0 aliphatic heterocycles. The van der Waals surface area contributed by atoms with Crippen molar-refractivity contribution in [1.82, 2.24) is 15.2 Å². The Morgan fingerprint density at radius 3 is 2.52 bits per heavy atom. The van der Waals surface area contributed by atoms with Crippen molar-refractivity contribution in [3.8, 4) is 17.0 Å². The van der Waals surface area contributed by atoms with Crippen molar-refractivity contribution in [3.05, 3.63) is 83.6 Å². The fraction of sp³-hybridized carbons (Fsp3) is 0.250. The molecular weight excluding hydrogens is 362 g/mol. The van der Waals surface area contributed by atoms with E-state index in [0.717, 1.165) is 23.2 Å². The van der Waals surface area contributed by atoms with Crippen molar-refractivity contribution in [1.29, 1.82) is 0 Å². The molecule has 0 saturated heterocycles. The molecule has 150 valence electrons. The van der Waals surface area contributed by atoms with Gasteiger partial charge in [0.25, 0.3) is 5.91 Å². The monoisotopic (exact) mass is 389 g/mol. The van der Waals surface area contributed by atoms with Gasteiger partial charge in [0.2, 0.25) is 5.88 Å². The first kappa shape index (κ1) is 20.6. The molecule has 5 nitrogen and oxygen atoms in total.